The van der Waals surface area contributed by atoms with E-state index in [4.69, 9.17) is 0 Å². The van der Waals surface area contributed by atoms with Gasteiger partial charge in [-0.3, -0.25) is 9.36 Å². The highest BCUT2D eigenvalue weighted by molar-refractivity contribution is 5.81. The van der Waals surface area contributed by atoms with Gasteiger partial charge in [-0.1, -0.05) is 18.2 Å². The van der Waals surface area contributed by atoms with Gasteiger partial charge in [0.1, 0.15) is 6.10 Å². The van der Waals surface area contributed by atoms with Crippen LogP contribution in [0.4, 0.5) is 0 Å². The highest BCUT2D eigenvalue weighted by Crippen LogP contribution is 2.23. The molecule has 0 radical (unpaired) electrons. The molecule has 1 N–H and O–H groups in total. The number of para-hydroxylation sites is 1. The molecule has 2 aromatic heterocycles. The summed E-state index contributed by atoms with van der Waals surface area (Å²) in [6.07, 6.45) is 1.58. The molecule has 0 aliphatic rings. The minimum atomic E-state index is -0.592. The summed E-state index contributed by atoms with van der Waals surface area (Å²) in [4.78, 5) is 0. The van der Waals surface area contributed by atoms with E-state index in [1.807, 2.05) is 49.1 Å². The van der Waals surface area contributed by atoms with Crippen LogP contribution in [0.1, 0.15) is 17.5 Å². The molecule has 0 saturated carbocycles. The van der Waals surface area contributed by atoms with E-state index in [1.165, 1.54) is 0 Å². The van der Waals surface area contributed by atoms with Gasteiger partial charge < -0.3 is 5.11 Å². The van der Waals surface area contributed by atoms with Crippen molar-refractivity contribution in [3.8, 4) is 0 Å². The summed E-state index contributed by atoms with van der Waals surface area (Å²) in [5.74, 6) is 0. The zero-order chi connectivity index (χ0) is 13.4. The molecule has 1 aromatic carbocycles. The third kappa shape index (κ3) is 2.02. The van der Waals surface area contributed by atoms with Crippen LogP contribution in [0.3, 0.4) is 0 Å². The molecule has 5 nitrogen and oxygen atoms in total. The number of aliphatic hydroxyl groups excluding tert-OH is 1. The van der Waals surface area contributed by atoms with Gasteiger partial charge in [0, 0.05) is 32.1 Å². The van der Waals surface area contributed by atoms with Crippen LogP contribution in [0, 0.1) is 0 Å². The number of hydrogen-bond donors (Lipinski definition) is 1. The van der Waals surface area contributed by atoms with Gasteiger partial charge in [0.2, 0.25) is 0 Å². The molecule has 3 rings (SSSR count). The Labute approximate surface area is 111 Å². The average molecular weight is 256 g/mol. The van der Waals surface area contributed by atoms with E-state index in [0.717, 1.165) is 22.3 Å². The quantitative estimate of drug-likeness (QED) is 0.774. The van der Waals surface area contributed by atoms with Crippen LogP contribution in [0.25, 0.3) is 10.9 Å². The molecule has 1 unspecified atom stereocenters. The first-order valence-electron chi connectivity index (χ1n) is 6.23. The number of aliphatic hydroxyl groups is 1. The van der Waals surface area contributed by atoms with Gasteiger partial charge in [0.15, 0.2) is 0 Å². The number of rotatable bonds is 3. The molecule has 2 heterocycles. The Morgan fingerprint density at radius 3 is 2.68 bits per heavy atom. The Morgan fingerprint density at radius 2 is 1.95 bits per heavy atom. The van der Waals surface area contributed by atoms with Crippen molar-refractivity contribution in [2.45, 2.75) is 12.5 Å². The maximum absolute atomic E-state index is 10.3. The number of fused-ring (bicyclic) bond motifs is 1. The average Bonchev–Trinajstić information content (AvgIpc) is 2.95. The number of aromatic nitrogens is 4. The molecule has 0 fully saturated rings. The molecule has 3 aromatic rings. The van der Waals surface area contributed by atoms with Gasteiger partial charge in [0.25, 0.3) is 0 Å². The molecule has 0 aliphatic heterocycles. The number of aryl methyl sites for hydroxylation is 2. The normalized spacial score (nSPS) is 13.0. The molecule has 19 heavy (non-hydrogen) atoms. The van der Waals surface area contributed by atoms with E-state index < -0.39 is 6.10 Å². The zero-order valence-corrected chi connectivity index (χ0v) is 11.0. The molecule has 0 saturated heterocycles. The van der Waals surface area contributed by atoms with Crippen molar-refractivity contribution in [1.29, 1.82) is 0 Å². The first-order valence-corrected chi connectivity index (χ1v) is 6.23. The molecule has 0 spiro atoms. The van der Waals surface area contributed by atoms with E-state index in [9.17, 15) is 5.11 Å². The van der Waals surface area contributed by atoms with E-state index in [1.54, 1.807) is 10.9 Å². The standard InChI is InChI=1S/C14H16N4O/c1-17-13(7-8-15-17)14(19)9-11-10-5-3-4-6-12(10)18(2)16-11/h3-8,14,19H,9H2,1-2H3. The first kappa shape index (κ1) is 11.9. The number of benzene rings is 1. The van der Waals surface area contributed by atoms with Crippen molar-refractivity contribution in [3.05, 3.63) is 47.9 Å². The van der Waals surface area contributed by atoms with Crippen LogP contribution in [-0.4, -0.2) is 24.7 Å². The van der Waals surface area contributed by atoms with Gasteiger partial charge in [-0.15, -0.1) is 0 Å². The Hall–Kier alpha value is -2.14. The molecule has 5 heteroatoms. The van der Waals surface area contributed by atoms with E-state index >= 15 is 0 Å². The largest absolute Gasteiger partial charge is 0.386 e. The van der Waals surface area contributed by atoms with Crippen molar-refractivity contribution in [1.82, 2.24) is 19.6 Å². The zero-order valence-electron chi connectivity index (χ0n) is 11.0. The summed E-state index contributed by atoms with van der Waals surface area (Å²) in [7, 11) is 3.75. The maximum Gasteiger partial charge on any atom is 0.101 e. The van der Waals surface area contributed by atoms with Crippen molar-refractivity contribution in [2.75, 3.05) is 0 Å². The van der Waals surface area contributed by atoms with Crippen LogP contribution in [0.5, 0.6) is 0 Å². The van der Waals surface area contributed by atoms with Crippen LogP contribution in [0.2, 0.25) is 0 Å². The van der Waals surface area contributed by atoms with Crippen LogP contribution in [-0.2, 0) is 20.5 Å². The van der Waals surface area contributed by atoms with Crippen molar-refractivity contribution in [3.63, 3.8) is 0 Å². The highest BCUT2D eigenvalue weighted by atomic mass is 16.3. The summed E-state index contributed by atoms with van der Waals surface area (Å²) < 4.78 is 3.54. The maximum atomic E-state index is 10.3. The molecule has 0 bridgehead atoms. The smallest absolute Gasteiger partial charge is 0.101 e. The Balaban J connectivity index is 1.96. The summed E-state index contributed by atoms with van der Waals surface area (Å²) in [6.45, 7) is 0. The number of hydrogen-bond acceptors (Lipinski definition) is 3. The SMILES string of the molecule is Cn1nccc1C(O)Cc1nn(C)c2ccccc12. The summed E-state index contributed by atoms with van der Waals surface area (Å²) >= 11 is 0. The lowest BCUT2D eigenvalue weighted by Crippen LogP contribution is -2.08. The molecular formula is C14H16N4O. The molecule has 0 amide bonds. The fourth-order valence-electron chi connectivity index (χ4n) is 2.44. The summed E-state index contributed by atoms with van der Waals surface area (Å²) in [5, 5.41) is 20.0. The predicted molar refractivity (Wildman–Crippen MR) is 72.6 cm³/mol. The lowest BCUT2D eigenvalue weighted by atomic mass is 10.1. The van der Waals surface area contributed by atoms with E-state index in [-0.39, 0.29) is 0 Å². The Bertz CT molecular complexity index is 713. The van der Waals surface area contributed by atoms with E-state index in [2.05, 4.69) is 10.2 Å². The van der Waals surface area contributed by atoms with E-state index in [0.29, 0.717) is 6.42 Å². The molecule has 1 atom stereocenters. The monoisotopic (exact) mass is 256 g/mol. The van der Waals surface area contributed by atoms with Crippen LogP contribution >= 0.6 is 0 Å². The van der Waals surface area contributed by atoms with Crippen molar-refractivity contribution in [2.24, 2.45) is 14.1 Å². The van der Waals surface area contributed by atoms with Gasteiger partial charge >= 0.3 is 0 Å². The van der Waals surface area contributed by atoms with Crippen LogP contribution < -0.4 is 0 Å². The summed E-state index contributed by atoms with van der Waals surface area (Å²) in [6, 6.07) is 9.88. The minimum absolute atomic E-state index is 0.487. The topological polar surface area (TPSA) is 55.9 Å². The van der Waals surface area contributed by atoms with Crippen LogP contribution in [0.15, 0.2) is 36.5 Å². The Morgan fingerprint density at radius 1 is 1.16 bits per heavy atom. The van der Waals surface area contributed by atoms with Gasteiger partial charge in [-0.2, -0.15) is 10.2 Å². The lowest BCUT2D eigenvalue weighted by molar-refractivity contribution is 0.167. The second-order valence-electron chi connectivity index (χ2n) is 4.69. The van der Waals surface area contributed by atoms with Crippen molar-refractivity contribution >= 4 is 10.9 Å². The minimum Gasteiger partial charge on any atom is -0.386 e. The third-order valence-corrected chi connectivity index (χ3v) is 3.42. The molecular weight excluding hydrogens is 240 g/mol. The van der Waals surface area contributed by atoms with Gasteiger partial charge in [-0.25, -0.2) is 0 Å². The van der Waals surface area contributed by atoms with Gasteiger partial charge in [0.05, 0.1) is 16.9 Å². The van der Waals surface area contributed by atoms with Crippen molar-refractivity contribution < 1.29 is 5.11 Å². The first-order chi connectivity index (χ1) is 9.16. The third-order valence-electron chi connectivity index (χ3n) is 3.42. The summed E-state index contributed by atoms with van der Waals surface area (Å²) in [5.41, 5.74) is 2.79. The second-order valence-corrected chi connectivity index (χ2v) is 4.69. The molecule has 0 aliphatic carbocycles. The predicted octanol–water partition coefficient (Wildman–Crippen LogP) is 1.58. The second kappa shape index (κ2) is 4.51. The Kier molecular flexibility index (Phi) is 2.83. The highest BCUT2D eigenvalue weighted by Gasteiger charge is 2.16. The fourth-order valence-corrected chi connectivity index (χ4v) is 2.44. The molecule has 98 valence electrons. The number of nitrogens with zero attached hydrogens (tertiary/aromatic N) is 4. The fraction of sp³-hybridized carbons (Fsp3) is 0.286. The van der Waals surface area contributed by atoms with Gasteiger partial charge in [-0.05, 0) is 12.1 Å². The lowest BCUT2D eigenvalue weighted by Gasteiger charge is -2.09.